The monoisotopic (exact) mass is 531 g/mol. The highest BCUT2D eigenvalue weighted by Gasteiger charge is 2.17. The summed E-state index contributed by atoms with van der Waals surface area (Å²) in [5.41, 5.74) is 10.0. The van der Waals surface area contributed by atoms with Crippen molar-refractivity contribution in [1.29, 1.82) is 0 Å². The van der Waals surface area contributed by atoms with E-state index in [1.807, 2.05) is 19.4 Å². The molecule has 0 saturated heterocycles. The van der Waals surface area contributed by atoms with Crippen LogP contribution in [0.25, 0.3) is 0 Å². The first-order valence-electron chi connectivity index (χ1n) is 12.4. The van der Waals surface area contributed by atoms with Gasteiger partial charge >= 0.3 is 10.4 Å². The molecule has 0 aliphatic heterocycles. The predicted molar refractivity (Wildman–Crippen MR) is 140 cm³/mol. The van der Waals surface area contributed by atoms with E-state index in [1.165, 1.54) is 49.8 Å². The number of aryl methyl sites for hydroxylation is 1. The van der Waals surface area contributed by atoms with Gasteiger partial charge in [0.2, 0.25) is 5.51 Å². The molecule has 200 valence electrons. The molecule has 0 radical (unpaired) electrons. The third-order valence-electron chi connectivity index (χ3n) is 5.58. The predicted octanol–water partition coefficient (Wildman–Crippen LogP) is 4.33. The second-order valence-electron chi connectivity index (χ2n) is 8.59. The third kappa shape index (κ3) is 14.5. The Hall–Kier alpha value is -1.66. The summed E-state index contributed by atoms with van der Waals surface area (Å²) in [6.07, 6.45) is 14.3. The molecule has 2 heterocycles. The Morgan fingerprint density at radius 3 is 2.20 bits per heavy atom. The van der Waals surface area contributed by atoms with Gasteiger partial charge in [-0.25, -0.2) is 14.2 Å². The number of nitrogens with zero attached hydrogens (tertiary/aromatic N) is 3. The molecule has 0 spiro atoms. The van der Waals surface area contributed by atoms with Crippen molar-refractivity contribution in [3.63, 3.8) is 0 Å². The zero-order chi connectivity index (χ0) is 26.1. The molecule has 0 atom stereocenters. The zero-order valence-corrected chi connectivity index (χ0v) is 23.0. The molecule has 0 saturated carbocycles. The van der Waals surface area contributed by atoms with Crippen molar-refractivity contribution < 1.29 is 26.8 Å². The van der Waals surface area contributed by atoms with Gasteiger partial charge in [0, 0.05) is 26.1 Å². The lowest BCUT2D eigenvalue weighted by atomic mass is 10.1. The van der Waals surface area contributed by atoms with Crippen LogP contribution in [0.2, 0.25) is 0 Å². The molecule has 9 nitrogen and oxygen atoms in total. The van der Waals surface area contributed by atoms with E-state index < -0.39 is 10.4 Å². The average molecular weight is 532 g/mol. The summed E-state index contributed by atoms with van der Waals surface area (Å²) < 4.78 is 35.1. The van der Waals surface area contributed by atoms with E-state index >= 15 is 0 Å². The first kappa shape index (κ1) is 31.4. The Kier molecular flexibility index (Phi) is 15.9. The number of hydrogen-bond donors (Lipinski definition) is 3. The number of thiazole rings is 1. The molecule has 0 unspecified atom stereocenters. The number of aromatic nitrogens is 3. The Morgan fingerprint density at radius 2 is 1.66 bits per heavy atom. The lowest BCUT2D eigenvalue weighted by Crippen LogP contribution is -2.35. The number of nitrogen functional groups attached to an aromatic ring is 1. The van der Waals surface area contributed by atoms with Crippen LogP contribution in [0.5, 0.6) is 0 Å². The number of aliphatic hydroxyl groups is 1. The molecule has 0 fully saturated rings. The van der Waals surface area contributed by atoms with Crippen LogP contribution in [0.1, 0.15) is 93.1 Å². The fourth-order valence-electron chi connectivity index (χ4n) is 3.52. The van der Waals surface area contributed by atoms with Crippen molar-refractivity contribution in [3.05, 3.63) is 33.7 Å². The van der Waals surface area contributed by atoms with E-state index in [1.54, 1.807) is 17.5 Å². The molecule has 0 amide bonds. The number of aliphatic hydroxyl groups excluding tert-OH is 1. The van der Waals surface area contributed by atoms with Gasteiger partial charge in [-0.2, -0.15) is 13.0 Å². The van der Waals surface area contributed by atoms with Gasteiger partial charge in [0.25, 0.3) is 0 Å². The number of anilines is 1. The molecule has 11 heteroatoms. The second-order valence-corrected chi connectivity index (χ2v) is 10.6. The summed E-state index contributed by atoms with van der Waals surface area (Å²) in [5, 5.41) is 8.98. The van der Waals surface area contributed by atoms with Crippen LogP contribution in [0.15, 0.2) is 11.7 Å². The normalized spacial score (nSPS) is 11.3. The Labute approximate surface area is 214 Å². The van der Waals surface area contributed by atoms with E-state index in [9.17, 15) is 8.42 Å². The van der Waals surface area contributed by atoms with E-state index in [2.05, 4.69) is 25.6 Å². The largest absolute Gasteiger partial charge is 0.397 e. The van der Waals surface area contributed by atoms with Crippen LogP contribution < -0.4 is 10.3 Å². The standard InChI is InChI=1S/C12H17N4OS.C12H26O4S/c1-8-11(3-4-17)18-7-16(8)6-10-5-14-9(2)15-12(10)13;1-2-3-4-5-6-7-8-9-10-11-12-16-17(13,14)15/h5,7,17H,3-4,6H2,1-2H3,(H2,13,14,15);2-12H2,1H3,(H,13,14,15)/q+1;. The minimum atomic E-state index is -4.23. The molecule has 2 aromatic rings. The fraction of sp³-hybridized carbons (Fsp3) is 0.708. The molecule has 0 aliphatic rings. The van der Waals surface area contributed by atoms with E-state index in [0.29, 0.717) is 31.0 Å². The second kappa shape index (κ2) is 17.7. The van der Waals surface area contributed by atoms with Crippen molar-refractivity contribution in [2.75, 3.05) is 18.9 Å². The molecular formula is C24H43N4O5S2+. The van der Waals surface area contributed by atoms with Gasteiger partial charge < -0.3 is 10.8 Å². The Morgan fingerprint density at radius 1 is 1.06 bits per heavy atom. The van der Waals surface area contributed by atoms with Crippen LogP contribution in [-0.2, 0) is 27.5 Å². The summed E-state index contributed by atoms with van der Waals surface area (Å²) in [4.78, 5) is 9.53. The first-order valence-corrected chi connectivity index (χ1v) is 14.7. The van der Waals surface area contributed by atoms with Crippen molar-refractivity contribution in [1.82, 2.24) is 9.97 Å². The number of hydrogen-bond acceptors (Lipinski definition) is 8. The van der Waals surface area contributed by atoms with Crippen LogP contribution >= 0.6 is 11.3 Å². The summed E-state index contributed by atoms with van der Waals surface area (Å²) in [6.45, 7) is 7.02. The van der Waals surface area contributed by atoms with E-state index in [0.717, 1.165) is 24.1 Å². The Balaban J connectivity index is 0.000000351. The van der Waals surface area contributed by atoms with Crippen LogP contribution in [0.3, 0.4) is 0 Å². The topological polar surface area (TPSA) is 140 Å². The van der Waals surface area contributed by atoms with Crippen molar-refractivity contribution >= 4 is 27.6 Å². The van der Waals surface area contributed by atoms with Gasteiger partial charge in [-0.3, -0.25) is 4.55 Å². The molecule has 2 aromatic heterocycles. The summed E-state index contributed by atoms with van der Waals surface area (Å²) in [5.74, 6) is 1.22. The Bertz CT molecular complexity index is 951. The van der Waals surface area contributed by atoms with Gasteiger partial charge in [0.15, 0.2) is 12.2 Å². The number of unbranched alkanes of at least 4 members (excludes halogenated alkanes) is 9. The maximum atomic E-state index is 10.2. The fourth-order valence-corrected chi connectivity index (χ4v) is 4.83. The SMILES string of the molecule is CCCCCCCCCCCCOS(=O)(=O)O.Cc1ncc(C[n+]2csc(CCO)c2C)c(N)n1. The minimum Gasteiger partial charge on any atom is -0.396 e. The summed E-state index contributed by atoms with van der Waals surface area (Å²) >= 11 is 1.65. The van der Waals surface area contributed by atoms with E-state index in [4.69, 9.17) is 15.4 Å². The number of nitrogens with two attached hydrogens (primary N) is 1. The third-order valence-corrected chi connectivity index (χ3v) is 7.19. The maximum absolute atomic E-state index is 10.2. The van der Waals surface area contributed by atoms with Crippen LogP contribution in [0.4, 0.5) is 5.82 Å². The van der Waals surface area contributed by atoms with Crippen LogP contribution in [-0.4, -0.2) is 41.3 Å². The molecule has 0 aromatic carbocycles. The summed E-state index contributed by atoms with van der Waals surface area (Å²) in [7, 11) is -4.23. The molecular weight excluding hydrogens is 488 g/mol. The molecule has 4 N–H and O–H groups in total. The maximum Gasteiger partial charge on any atom is 0.397 e. The van der Waals surface area contributed by atoms with Crippen molar-refractivity contribution in [2.45, 2.75) is 97.9 Å². The highest BCUT2D eigenvalue weighted by molar-refractivity contribution is 7.80. The summed E-state index contributed by atoms with van der Waals surface area (Å²) in [6, 6.07) is 0. The zero-order valence-electron chi connectivity index (χ0n) is 21.4. The van der Waals surface area contributed by atoms with Gasteiger partial charge in [-0.15, -0.1) is 0 Å². The van der Waals surface area contributed by atoms with E-state index in [-0.39, 0.29) is 13.2 Å². The average Bonchev–Trinajstić information content (AvgIpc) is 3.13. The van der Waals surface area contributed by atoms with Crippen LogP contribution in [0, 0.1) is 13.8 Å². The number of rotatable bonds is 16. The van der Waals surface area contributed by atoms with Gasteiger partial charge in [-0.05, 0) is 13.3 Å². The lowest BCUT2D eigenvalue weighted by molar-refractivity contribution is -0.689. The van der Waals surface area contributed by atoms with Gasteiger partial charge in [-0.1, -0.05) is 76.0 Å². The van der Waals surface area contributed by atoms with Gasteiger partial charge in [0.1, 0.15) is 11.6 Å². The molecule has 35 heavy (non-hydrogen) atoms. The lowest BCUT2D eigenvalue weighted by Gasteiger charge is -2.02. The minimum absolute atomic E-state index is 0.0926. The quantitative estimate of drug-likeness (QED) is 0.165. The van der Waals surface area contributed by atoms with Crippen molar-refractivity contribution in [3.8, 4) is 0 Å². The molecule has 2 rings (SSSR count). The molecule has 0 bridgehead atoms. The molecule has 0 aliphatic carbocycles. The highest BCUT2D eigenvalue weighted by atomic mass is 32.3. The van der Waals surface area contributed by atoms with Gasteiger partial charge in [0.05, 0.1) is 17.0 Å². The highest BCUT2D eigenvalue weighted by Crippen LogP contribution is 2.14. The first-order chi connectivity index (χ1) is 16.7. The smallest absolute Gasteiger partial charge is 0.396 e. The van der Waals surface area contributed by atoms with Crippen molar-refractivity contribution in [2.24, 2.45) is 0 Å².